The molecule has 4 heterocycles. The van der Waals surface area contributed by atoms with Crippen LogP contribution in [0.3, 0.4) is 0 Å². The summed E-state index contributed by atoms with van der Waals surface area (Å²) in [5, 5.41) is 0. The van der Waals surface area contributed by atoms with E-state index >= 15 is 0 Å². The quantitative estimate of drug-likeness (QED) is 0.165. The number of rotatable bonds is 6. The van der Waals surface area contributed by atoms with Crippen molar-refractivity contribution in [2.45, 2.75) is 5.41 Å². The molecule has 2 aliphatic heterocycles. The Morgan fingerprint density at radius 3 is 1.19 bits per heavy atom. The average molecular weight is 825 g/mol. The molecule has 0 saturated carbocycles. The molecule has 0 aliphatic carbocycles. The highest BCUT2D eigenvalue weighted by atomic mass is 16.5. The fourth-order valence-corrected chi connectivity index (χ4v) is 9.77. The van der Waals surface area contributed by atoms with Gasteiger partial charge in [0.1, 0.15) is 11.0 Å². The lowest BCUT2D eigenvalue weighted by Crippen LogP contribution is -2.37. The molecule has 0 amide bonds. The molecule has 2 aromatic heterocycles. The number of benzene rings is 9. The van der Waals surface area contributed by atoms with Gasteiger partial charge >= 0.3 is 0 Å². The maximum absolute atomic E-state index is 6.42. The van der Waals surface area contributed by atoms with Crippen LogP contribution in [0.5, 0.6) is 11.5 Å². The van der Waals surface area contributed by atoms with Gasteiger partial charge in [0.2, 0.25) is 11.8 Å². The van der Waals surface area contributed by atoms with Crippen LogP contribution < -0.4 is 14.5 Å². The Labute approximate surface area is 368 Å². The standard InChI is InChI=1S/C57H36N4O3/c1-3-15-39(16-4-1)57(40-17-5-2-6-18-40)43-19-7-9-21-47(43)60(48-22-10-8-20-44(48)57)41-31-27-37(28-32-41)55-58-45-35-54-46(36-53(45)63-55)59-56(64-54)38-29-33-42(34-30-38)61-49-23-11-13-25-51(49)62-52-26-14-12-24-50(52)61/h1-36H. The van der Waals surface area contributed by atoms with Crippen LogP contribution in [0.2, 0.25) is 0 Å². The van der Waals surface area contributed by atoms with Gasteiger partial charge in [0.05, 0.1) is 28.2 Å². The minimum absolute atomic E-state index is 0.520. The van der Waals surface area contributed by atoms with Crippen LogP contribution >= 0.6 is 0 Å². The third kappa shape index (κ3) is 5.47. The molecular formula is C57H36N4O3. The molecular weight excluding hydrogens is 789 g/mol. The lowest BCUT2D eigenvalue weighted by molar-refractivity contribution is 0.477. The number of hydrogen-bond acceptors (Lipinski definition) is 7. The molecule has 9 aromatic carbocycles. The zero-order valence-electron chi connectivity index (χ0n) is 34.3. The summed E-state index contributed by atoms with van der Waals surface area (Å²) in [6.45, 7) is 0. The highest BCUT2D eigenvalue weighted by Gasteiger charge is 2.46. The summed E-state index contributed by atoms with van der Waals surface area (Å²) in [6.07, 6.45) is 0. The number of nitrogens with zero attached hydrogens (tertiary/aromatic N) is 4. The normalized spacial score (nSPS) is 13.5. The second-order valence-electron chi connectivity index (χ2n) is 16.1. The van der Waals surface area contributed by atoms with Crippen LogP contribution in [0.15, 0.2) is 227 Å². The average Bonchev–Trinajstić information content (AvgIpc) is 3.98. The molecule has 0 atom stereocenters. The van der Waals surface area contributed by atoms with Gasteiger partial charge in [-0.3, -0.25) is 0 Å². The van der Waals surface area contributed by atoms with Crippen molar-refractivity contribution in [1.29, 1.82) is 0 Å². The Bertz CT molecular complexity index is 3360. The molecule has 0 fully saturated rings. The molecule has 302 valence electrons. The van der Waals surface area contributed by atoms with Gasteiger partial charge in [-0.2, -0.15) is 0 Å². The predicted octanol–water partition coefficient (Wildman–Crippen LogP) is 15.0. The maximum Gasteiger partial charge on any atom is 0.227 e. The minimum atomic E-state index is -0.520. The number of fused-ring (bicyclic) bond motifs is 6. The summed E-state index contributed by atoms with van der Waals surface area (Å²) in [4.78, 5) is 14.4. The van der Waals surface area contributed by atoms with Gasteiger partial charge in [-0.15, -0.1) is 0 Å². The Morgan fingerprint density at radius 1 is 0.359 bits per heavy atom. The van der Waals surface area contributed by atoms with Crippen molar-refractivity contribution in [3.63, 3.8) is 0 Å². The third-order valence-corrected chi connectivity index (χ3v) is 12.6. The molecule has 11 aromatic rings. The molecule has 0 radical (unpaired) electrons. The lowest BCUT2D eigenvalue weighted by Gasteiger charge is -2.46. The van der Waals surface area contributed by atoms with Crippen LogP contribution in [0.25, 0.3) is 45.1 Å². The number of para-hydroxylation sites is 6. The van der Waals surface area contributed by atoms with E-state index in [1.54, 1.807) is 0 Å². The van der Waals surface area contributed by atoms with E-state index in [9.17, 15) is 0 Å². The summed E-state index contributed by atoms with van der Waals surface area (Å²) < 4.78 is 19.0. The first-order chi connectivity index (χ1) is 31.7. The molecule has 0 bridgehead atoms. The van der Waals surface area contributed by atoms with Gasteiger partial charge in [-0.05, 0) is 107 Å². The van der Waals surface area contributed by atoms with E-state index < -0.39 is 5.41 Å². The predicted molar refractivity (Wildman–Crippen MR) is 254 cm³/mol. The van der Waals surface area contributed by atoms with E-state index in [2.05, 4.69) is 168 Å². The highest BCUT2D eigenvalue weighted by molar-refractivity contribution is 5.93. The van der Waals surface area contributed by atoms with Crippen molar-refractivity contribution < 1.29 is 13.6 Å². The van der Waals surface area contributed by atoms with Gasteiger partial charge < -0.3 is 23.4 Å². The van der Waals surface area contributed by atoms with E-state index in [1.165, 1.54) is 22.3 Å². The van der Waals surface area contributed by atoms with Crippen molar-refractivity contribution in [3.8, 4) is 34.4 Å². The Morgan fingerprint density at radius 2 is 0.734 bits per heavy atom. The van der Waals surface area contributed by atoms with Crippen LogP contribution in [0.4, 0.5) is 34.1 Å². The van der Waals surface area contributed by atoms with Crippen molar-refractivity contribution in [2.75, 3.05) is 9.80 Å². The highest BCUT2D eigenvalue weighted by Crippen LogP contribution is 2.58. The Kier molecular flexibility index (Phi) is 7.99. The van der Waals surface area contributed by atoms with Crippen LogP contribution in [0.1, 0.15) is 22.3 Å². The lowest BCUT2D eigenvalue weighted by atomic mass is 9.62. The number of hydrogen-bond donors (Lipinski definition) is 0. The van der Waals surface area contributed by atoms with Gasteiger partial charge in [0.15, 0.2) is 22.7 Å². The SMILES string of the molecule is c1ccc(C2(c3ccccc3)c3ccccc3N(c3ccc(-c4nc5cc6oc(-c7ccc(N8c9ccccc9Oc9ccccc98)cc7)nc6cc5o4)cc3)c3ccccc32)cc1. The van der Waals surface area contributed by atoms with Gasteiger partial charge in [-0.1, -0.05) is 121 Å². The zero-order chi connectivity index (χ0) is 42.2. The monoisotopic (exact) mass is 824 g/mol. The molecule has 2 aliphatic rings. The first-order valence-electron chi connectivity index (χ1n) is 21.4. The van der Waals surface area contributed by atoms with E-state index in [-0.39, 0.29) is 0 Å². The van der Waals surface area contributed by atoms with Crippen LogP contribution in [-0.4, -0.2) is 9.97 Å². The minimum Gasteiger partial charge on any atom is -0.453 e. The zero-order valence-corrected chi connectivity index (χ0v) is 34.3. The summed E-state index contributed by atoms with van der Waals surface area (Å²) in [6, 6.07) is 76.0. The van der Waals surface area contributed by atoms with Crippen molar-refractivity contribution >= 4 is 56.3 Å². The Hall–Kier alpha value is -8.68. The van der Waals surface area contributed by atoms with Gasteiger partial charge in [0.25, 0.3) is 0 Å². The number of anilines is 6. The number of ether oxygens (including phenoxy) is 1. The molecule has 0 saturated heterocycles. The molecule has 7 heteroatoms. The van der Waals surface area contributed by atoms with E-state index in [0.29, 0.717) is 34.0 Å². The van der Waals surface area contributed by atoms with E-state index in [0.717, 1.165) is 56.8 Å². The summed E-state index contributed by atoms with van der Waals surface area (Å²) in [5.41, 5.74) is 15.0. The Balaban J connectivity index is 0.819. The summed E-state index contributed by atoms with van der Waals surface area (Å²) in [5.74, 6) is 2.68. The molecule has 0 N–H and O–H groups in total. The first-order valence-corrected chi connectivity index (χ1v) is 21.4. The topological polar surface area (TPSA) is 67.8 Å². The van der Waals surface area contributed by atoms with Crippen LogP contribution in [0, 0.1) is 0 Å². The second kappa shape index (κ2) is 14.2. The number of oxazole rings is 2. The summed E-state index contributed by atoms with van der Waals surface area (Å²) in [7, 11) is 0. The molecule has 64 heavy (non-hydrogen) atoms. The second-order valence-corrected chi connectivity index (χ2v) is 16.1. The van der Waals surface area contributed by atoms with Crippen LogP contribution in [-0.2, 0) is 5.41 Å². The van der Waals surface area contributed by atoms with Gasteiger partial charge in [-0.25, -0.2) is 9.97 Å². The number of aromatic nitrogens is 2. The van der Waals surface area contributed by atoms with Crippen molar-refractivity contribution in [2.24, 2.45) is 0 Å². The fourth-order valence-electron chi connectivity index (χ4n) is 9.77. The smallest absolute Gasteiger partial charge is 0.227 e. The third-order valence-electron chi connectivity index (χ3n) is 12.6. The fraction of sp³-hybridized carbons (Fsp3) is 0.0175. The largest absolute Gasteiger partial charge is 0.453 e. The van der Waals surface area contributed by atoms with Crippen molar-refractivity contribution in [1.82, 2.24) is 9.97 Å². The molecule has 7 nitrogen and oxygen atoms in total. The molecule has 0 spiro atoms. The van der Waals surface area contributed by atoms with E-state index in [1.807, 2.05) is 60.7 Å². The van der Waals surface area contributed by atoms with Gasteiger partial charge in [0, 0.05) is 34.6 Å². The summed E-state index contributed by atoms with van der Waals surface area (Å²) >= 11 is 0. The molecule has 13 rings (SSSR count). The van der Waals surface area contributed by atoms with E-state index in [4.69, 9.17) is 23.5 Å². The molecule has 0 unspecified atom stereocenters. The maximum atomic E-state index is 6.42. The van der Waals surface area contributed by atoms with Crippen molar-refractivity contribution in [3.05, 3.63) is 241 Å². The first kappa shape index (κ1) is 36.0.